The molecule has 0 radical (unpaired) electrons. The van der Waals surface area contributed by atoms with Crippen LogP contribution < -0.4 is 0 Å². The molecular weight excluding hydrogens is 230 g/mol. The second kappa shape index (κ2) is 3.82. The van der Waals surface area contributed by atoms with E-state index in [-0.39, 0.29) is 11.3 Å². The van der Waals surface area contributed by atoms with Gasteiger partial charge in [0.25, 0.3) is 0 Å². The lowest BCUT2D eigenvalue weighted by Crippen LogP contribution is -2.50. The van der Waals surface area contributed by atoms with Gasteiger partial charge >= 0.3 is 0 Å². The Morgan fingerprint density at radius 1 is 1.44 bits per heavy atom. The Hall–Kier alpha value is -1.36. The second-order valence-electron chi connectivity index (χ2n) is 5.98. The van der Waals surface area contributed by atoms with E-state index in [2.05, 4.69) is 5.10 Å². The van der Waals surface area contributed by atoms with E-state index < -0.39 is 5.54 Å². The summed E-state index contributed by atoms with van der Waals surface area (Å²) in [6.45, 7) is 7.12. The highest BCUT2D eigenvalue weighted by atomic mass is 16.5. The van der Waals surface area contributed by atoms with Crippen molar-refractivity contribution in [1.82, 2.24) is 14.7 Å². The third-order valence-electron chi connectivity index (χ3n) is 4.14. The summed E-state index contributed by atoms with van der Waals surface area (Å²) in [4.78, 5) is 14.6. The van der Waals surface area contributed by atoms with E-state index in [1.54, 1.807) is 10.9 Å². The predicted molar refractivity (Wildman–Crippen MR) is 66.0 cm³/mol. The van der Waals surface area contributed by atoms with Crippen LogP contribution in [0.15, 0.2) is 18.5 Å². The second-order valence-corrected chi connectivity index (χ2v) is 5.98. The van der Waals surface area contributed by atoms with Crippen LogP contribution in [0.4, 0.5) is 0 Å². The van der Waals surface area contributed by atoms with Crippen LogP contribution in [0.3, 0.4) is 0 Å². The van der Waals surface area contributed by atoms with Crippen molar-refractivity contribution in [2.75, 3.05) is 26.3 Å². The molecule has 98 valence electrons. The van der Waals surface area contributed by atoms with Crippen LogP contribution in [-0.4, -0.2) is 46.9 Å². The Labute approximate surface area is 107 Å². The molecule has 1 amide bonds. The molecule has 2 aliphatic heterocycles. The quantitative estimate of drug-likeness (QED) is 0.781. The average molecular weight is 249 g/mol. The molecule has 3 heterocycles. The lowest BCUT2D eigenvalue weighted by molar-refractivity contribution is -0.142. The smallest absolute Gasteiger partial charge is 0.249 e. The Morgan fingerprint density at radius 3 is 2.72 bits per heavy atom. The molecular formula is C13H19N3O2. The van der Waals surface area contributed by atoms with E-state index in [9.17, 15) is 4.79 Å². The van der Waals surface area contributed by atoms with E-state index in [1.165, 1.54) is 0 Å². The van der Waals surface area contributed by atoms with Crippen LogP contribution >= 0.6 is 0 Å². The average Bonchev–Trinajstić information content (AvgIpc) is 2.96. The molecule has 3 rings (SSSR count). The SMILES string of the molecule is CC(C)(C(=O)N1CCC2(COC2)C1)n1cccn1. The first-order chi connectivity index (χ1) is 8.54. The molecule has 1 aromatic heterocycles. The molecule has 0 saturated carbocycles. The molecule has 2 fully saturated rings. The highest BCUT2D eigenvalue weighted by Gasteiger charge is 2.48. The molecule has 2 aliphatic rings. The molecule has 0 aliphatic carbocycles. The summed E-state index contributed by atoms with van der Waals surface area (Å²) < 4.78 is 7.02. The van der Waals surface area contributed by atoms with Crippen molar-refractivity contribution in [3.8, 4) is 0 Å². The molecule has 0 atom stereocenters. The van der Waals surface area contributed by atoms with Crippen molar-refractivity contribution in [1.29, 1.82) is 0 Å². The Bertz CT molecular complexity index is 449. The van der Waals surface area contributed by atoms with Crippen LogP contribution in [0.5, 0.6) is 0 Å². The third-order valence-corrected chi connectivity index (χ3v) is 4.14. The minimum atomic E-state index is -0.611. The van der Waals surface area contributed by atoms with Crippen LogP contribution in [-0.2, 0) is 15.1 Å². The predicted octanol–water partition coefficient (Wildman–Crippen LogP) is 0.867. The molecule has 1 aromatic rings. The zero-order valence-corrected chi connectivity index (χ0v) is 10.9. The zero-order chi connectivity index (χ0) is 12.8. The number of hydrogen-bond acceptors (Lipinski definition) is 3. The molecule has 0 N–H and O–H groups in total. The van der Waals surface area contributed by atoms with Gasteiger partial charge in [-0.2, -0.15) is 5.10 Å². The summed E-state index contributed by atoms with van der Waals surface area (Å²) >= 11 is 0. The number of aromatic nitrogens is 2. The Morgan fingerprint density at radius 2 is 2.22 bits per heavy atom. The van der Waals surface area contributed by atoms with Gasteiger partial charge in [-0.1, -0.05) is 0 Å². The van der Waals surface area contributed by atoms with Gasteiger partial charge in [0, 0.05) is 30.9 Å². The Kier molecular flexibility index (Phi) is 2.48. The summed E-state index contributed by atoms with van der Waals surface area (Å²) in [6, 6.07) is 1.85. The first kappa shape index (κ1) is 11.7. The zero-order valence-electron chi connectivity index (χ0n) is 10.9. The lowest BCUT2D eigenvalue weighted by atomic mass is 9.85. The van der Waals surface area contributed by atoms with Crippen molar-refractivity contribution in [2.45, 2.75) is 25.8 Å². The van der Waals surface area contributed by atoms with Gasteiger partial charge in [-0.15, -0.1) is 0 Å². The standard InChI is InChI=1S/C13H19N3O2/c1-12(2,16-6-3-5-14-16)11(17)15-7-4-13(8-15)9-18-10-13/h3,5-6H,4,7-10H2,1-2H3. The van der Waals surface area contributed by atoms with E-state index >= 15 is 0 Å². The lowest BCUT2D eigenvalue weighted by Gasteiger charge is -2.38. The van der Waals surface area contributed by atoms with E-state index in [0.29, 0.717) is 0 Å². The first-order valence-corrected chi connectivity index (χ1v) is 6.41. The number of carbonyl (C=O) groups excluding carboxylic acids is 1. The highest BCUT2D eigenvalue weighted by molar-refractivity contribution is 5.84. The summed E-state index contributed by atoms with van der Waals surface area (Å²) in [5.74, 6) is 0.148. The fourth-order valence-electron chi connectivity index (χ4n) is 2.82. The normalized spacial score (nSPS) is 22.2. The number of amides is 1. The van der Waals surface area contributed by atoms with Crippen LogP contribution in [0.2, 0.25) is 0 Å². The van der Waals surface area contributed by atoms with E-state index in [0.717, 1.165) is 32.7 Å². The molecule has 5 nitrogen and oxygen atoms in total. The minimum Gasteiger partial charge on any atom is -0.380 e. The van der Waals surface area contributed by atoms with Gasteiger partial charge in [-0.25, -0.2) is 0 Å². The van der Waals surface area contributed by atoms with Gasteiger partial charge in [0.1, 0.15) is 5.54 Å². The first-order valence-electron chi connectivity index (χ1n) is 6.41. The monoisotopic (exact) mass is 249 g/mol. The summed E-state index contributed by atoms with van der Waals surface area (Å²) in [7, 11) is 0. The van der Waals surface area contributed by atoms with Crippen molar-refractivity contribution < 1.29 is 9.53 Å². The third kappa shape index (κ3) is 1.65. The molecule has 0 unspecified atom stereocenters. The fraction of sp³-hybridized carbons (Fsp3) is 0.692. The van der Waals surface area contributed by atoms with Gasteiger partial charge < -0.3 is 9.64 Å². The molecule has 0 aromatic carbocycles. The molecule has 18 heavy (non-hydrogen) atoms. The van der Waals surface area contributed by atoms with Gasteiger partial charge in [0.15, 0.2) is 0 Å². The number of hydrogen-bond donors (Lipinski definition) is 0. The largest absolute Gasteiger partial charge is 0.380 e. The molecule has 2 saturated heterocycles. The van der Waals surface area contributed by atoms with Crippen LogP contribution in [0.1, 0.15) is 20.3 Å². The Balaban J connectivity index is 1.75. The van der Waals surface area contributed by atoms with Crippen LogP contribution in [0, 0.1) is 5.41 Å². The maximum atomic E-state index is 12.6. The highest BCUT2D eigenvalue weighted by Crippen LogP contribution is 2.38. The van der Waals surface area contributed by atoms with Crippen molar-refractivity contribution in [3.05, 3.63) is 18.5 Å². The van der Waals surface area contributed by atoms with Crippen LogP contribution in [0.25, 0.3) is 0 Å². The fourth-order valence-corrected chi connectivity index (χ4v) is 2.82. The number of carbonyl (C=O) groups is 1. The maximum Gasteiger partial charge on any atom is 0.249 e. The topological polar surface area (TPSA) is 47.4 Å². The van der Waals surface area contributed by atoms with Crippen molar-refractivity contribution in [3.63, 3.8) is 0 Å². The number of rotatable bonds is 2. The summed E-state index contributed by atoms with van der Waals surface area (Å²) in [5, 5.41) is 4.20. The van der Waals surface area contributed by atoms with Gasteiger partial charge in [0.05, 0.1) is 13.2 Å². The maximum absolute atomic E-state index is 12.6. The molecule has 1 spiro atoms. The van der Waals surface area contributed by atoms with E-state index in [1.807, 2.05) is 31.0 Å². The van der Waals surface area contributed by atoms with Crippen molar-refractivity contribution >= 4 is 5.91 Å². The minimum absolute atomic E-state index is 0.148. The summed E-state index contributed by atoms with van der Waals surface area (Å²) in [6.07, 6.45) is 4.62. The molecule has 0 bridgehead atoms. The number of nitrogens with zero attached hydrogens (tertiary/aromatic N) is 3. The van der Waals surface area contributed by atoms with Gasteiger partial charge in [-0.3, -0.25) is 9.48 Å². The summed E-state index contributed by atoms with van der Waals surface area (Å²) in [5.41, 5.74) is -0.366. The molecule has 5 heteroatoms. The van der Waals surface area contributed by atoms with E-state index in [4.69, 9.17) is 4.74 Å². The van der Waals surface area contributed by atoms with Crippen molar-refractivity contribution in [2.24, 2.45) is 5.41 Å². The van der Waals surface area contributed by atoms with Gasteiger partial charge in [0.2, 0.25) is 5.91 Å². The number of ether oxygens (including phenoxy) is 1. The number of likely N-dealkylation sites (tertiary alicyclic amines) is 1. The van der Waals surface area contributed by atoms with Gasteiger partial charge in [-0.05, 0) is 26.3 Å².